The Morgan fingerprint density at radius 2 is 2.08 bits per heavy atom. The van der Waals surface area contributed by atoms with E-state index >= 15 is 0 Å². The first kappa shape index (κ1) is 17.1. The van der Waals surface area contributed by atoms with Gasteiger partial charge in [-0.25, -0.2) is 8.78 Å². The summed E-state index contributed by atoms with van der Waals surface area (Å²) in [6.07, 6.45) is 1.75. The number of amides is 1. The lowest BCUT2D eigenvalue weighted by Crippen LogP contribution is -2.46. The number of hydrogen-bond acceptors (Lipinski definition) is 3. The van der Waals surface area contributed by atoms with Gasteiger partial charge in [0.05, 0.1) is 18.8 Å². The van der Waals surface area contributed by atoms with Crippen molar-refractivity contribution in [3.8, 4) is 0 Å². The largest absolute Gasteiger partial charge is 0.370 e. The third kappa shape index (κ3) is 3.62. The van der Waals surface area contributed by atoms with Crippen LogP contribution in [-0.2, 0) is 22.5 Å². The first-order valence-corrected chi connectivity index (χ1v) is 8.87. The van der Waals surface area contributed by atoms with Gasteiger partial charge in [0.15, 0.2) is 0 Å². The lowest BCUT2D eigenvalue weighted by molar-refractivity contribution is -0.150. The first-order valence-electron chi connectivity index (χ1n) is 8.87. The predicted octanol–water partition coefficient (Wildman–Crippen LogP) is 2.71. The van der Waals surface area contributed by atoms with E-state index in [2.05, 4.69) is 10.4 Å². The van der Waals surface area contributed by atoms with E-state index in [1.807, 2.05) is 41.2 Å². The van der Waals surface area contributed by atoms with E-state index in [0.717, 1.165) is 23.2 Å². The number of benzene rings is 1. The third-order valence-corrected chi connectivity index (χ3v) is 4.98. The third-order valence-electron chi connectivity index (χ3n) is 4.98. The molecule has 1 fully saturated rings. The number of ether oxygens (including phenoxy) is 1. The zero-order valence-electron chi connectivity index (χ0n) is 14.3. The maximum absolute atomic E-state index is 12.9. The Kier molecular flexibility index (Phi) is 4.48. The van der Waals surface area contributed by atoms with Gasteiger partial charge < -0.3 is 10.1 Å². The number of carbonyl (C=O) groups excluding carboxylic acids is 1. The molecule has 0 spiro atoms. The minimum Gasteiger partial charge on any atom is -0.370 e. The van der Waals surface area contributed by atoms with Gasteiger partial charge >= 0.3 is 0 Å². The van der Waals surface area contributed by atoms with Crippen LogP contribution in [0.2, 0.25) is 0 Å². The van der Waals surface area contributed by atoms with Gasteiger partial charge in [0.1, 0.15) is 6.10 Å². The number of aromatic nitrogens is 2. The summed E-state index contributed by atoms with van der Waals surface area (Å²) in [4.78, 5) is 12.0. The average Bonchev–Trinajstić information content (AvgIpc) is 3.01. The topological polar surface area (TPSA) is 56.1 Å². The van der Waals surface area contributed by atoms with Crippen LogP contribution in [0, 0.1) is 5.92 Å². The molecule has 1 aromatic carbocycles. The molecule has 26 heavy (non-hydrogen) atoms. The molecule has 0 unspecified atom stereocenters. The highest BCUT2D eigenvalue weighted by Crippen LogP contribution is 2.42. The Labute approximate surface area is 150 Å². The smallest absolute Gasteiger partial charge is 0.249 e. The standard InChI is InChI=1S/C19H21F2N3O2/c20-19(21)8-15(9-19)18(25)22-10-16-17-14(6-7-26-16)12-24(23-17)11-13-4-2-1-3-5-13/h1-5,12,15-16H,6-11H2,(H,22,25)/t16-/m1/s1. The van der Waals surface area contributed by atoms with Crippen molar-refractivity contribution in [2.24, 2.45) is 5.92 Å². The van der Waals surface area contributed by atoms with Crippen molar-refractivity contribution in [3.05, 3.63) is 53.3 Å². The van der Waals surface area contributed by atoms with Gasteiger partial charge in [0, 0.05) is 31.5 Å². The Morgan fingerprint density at radius 3 is 2.81 bits per heavy atom. The van der Waals surface area contributed by atoms with E-state index < -0.39 is 11.8 Å². The Bertz CT molecular complexity index is 783. The zero-order chi connectivity index (χ0) is 18.1. The number of halogens is 2. The van der Waals surface area contributed by atoms with Gasteiger partial charge in [-0.1, -0.05) is 30.3 Å². The van der Waals surface area contributed by atoms with Crippen LogP contribution in [-0.4, -0.2) is 34.8 Å². The second kappa shape index (κ2) is 6.79. The molecule has 7 heteroatoms. The van der Waals surface area contributed by atoms with Gasteiger partial charge in [-0.2, -0.15) is 5.10 Å². The minimum absolute atomic E-state index is 0.260. The highest BCUT2D eigenvalue weighted by Gasteiger charge is 2.48. The van der Waals surface area contributed by atoms with Crippen molar-refractivity contribution in [2.45, 2.75) is 37.8 Å². The molecule has 2 aromatic rings. The highest BCUT2D eigenvalue weighted by molar-refractivity contribution is 5.79. The number of nitrogens with zero attached hydrogens (tertiary/aromatic N) is 2. The van der Waals surface area contributed by atoms with Crippen LogP contribution in [0.25, 0.3) is 0 Å². The summed E-state index contributed by atoms with van der Waals surface area (Å²) in [5, 5.41) is 7.37. The average molecular weight is 361 g/mol. The van der Waals surface area contributed by atoms with Gasteiger partial charge in [0.2, 0.25) is 11.8 Å². The molecular weight excluding hydrogens is 340 g/mol. The fourth-order valence-electron chi connectivity index (χ4n) is 3.52. The van der Waals surface area contributed by atoms with Crippen LogP contribution in [0.4, 0.5) is 8.78 Å². The van der Waals surface area contributed by atoms with E-state index in [0.29, 0.717) is 13.2 Å². The van der Waals surface area contributed by atoms with Crippen LogP contribution in [0.3, 0.4) is 0 Å². The molecule has 1 N–H and O–H groups in total. The monoisotopic (exact) mass is 361 g/mol. The van der Waals surface area contributed by atoms with E-state index in [-0.39, 0.29) is 31.4 Å². The number of rotatable bonds is 5. The molecule has 4 rings (SSSR count). The lowest BCUT2D eigenvalue weighted by atomic mass is 9.81. The predicted molar refractivity (Wildman–Crippen MR) is 90.8 cm³/mol. The molecule has 0 radical (unpaired) electrons. The van der Waals surface area contributed by atoms with Crippen LogP contribution in [0.1, 0.15) is 35.8 Å². The van der Waals surface area contributed by atoms with Crippen molar-refractivity contribution in [2.75, 3.05) is 13.2 Å². The van der Waals surface area contributed by atoms with Crippen molar-refractivity contribution in [1.82, 2.24) is 15.1 Å². The van der Waals surface area contributed by atoms with Gasteiger partial charge in [-0.15, -0.1) is 0 Å². The quantitative estimate of drug-likeness (QED) is 0.891. The molecule has 1 aromatic heterocycles. The van der Waals surface area contributed by atoms with E-state index in [1.54, 1.807) is 0 Å². The van der Waals surface area contributed by atoms with Gasteiger partial charge in [-0.3, -0.25) is 9.48 Å². The number of alkyl halides is 2. The molecule has 1 aliphatic heterocycles. The van der Waals surface area contributed by atoms with Gasteiger partial charge in [0.25, 0.3) is 0 Å². The summed E-state index contributed by atoms with van der Waals surface area (Å²) in [7, 11) is 0. The summed E-state index contributed by atoms with van der Waals surface area (Å²) >= 11 is 0. The Balaban J connectivity index is 1.38. The van der Waals surface area contributed by atoms with Crippen molar-refractivity contribution < 1.29 is 18.3 Å². The fraction of sp³-hybridized carbons (Fsp3) is 0.474. The van der Waals surface area contributed by atoms with Crippen molar-refractivity contribution in [1.29, 1.82) is 0 Å². The van der Waals surface area contributed by atoms with E-state index in [1.165, 1.54) is 0 Å². The molecule has 1 atom stereocenters. The van der Waals surface area contributed by atoms with Crippen LogP contribution >= 0.6 is 0 Å². The molecule has 1 aliphatic carbocycles. The fourth-order valence-corrected chi connectivity index (χ4v) is 3.52. The molecule has 1 amide bonds. The molecule has 1 saturated carbocycles. The Hall–Kier alpha value is -2.28. The summed E-state index contributed by atoms with van der Waals surface area (Å²) in [6.45, 7) is 1.49. The molecule has 5 nitrogen and oxygen atoms in total. The van der Waals surface area contributed by atoms with Crippen molar-refractivity contribution >= 4 is 5.91 Å². The minimum atomic E-state index is -2.69. The number of nitrogens with one attached hydrogen (secondary N) is 1. The van der Waals surface area contributed by atoms with E-state index in [4.69, 9.17) is 4.74 Å². The number of hydrogen-bond donors (Lipinski definition) is 1. The summed E-state index contributed by atoms with van der Waals surface area (Å²) in [5.74, 6) is -3.61. The highest BCUT2D eigenvalue weighted by atomic mass is 19.3. The van der Waals surface area contributed by atoms with Crippen LogP contribution in [0.5, 0.6) is 0 Å². The van der Waals surface area contributed by atoms with Crippen molar-refractivity contribution in [3.63, 3.8) is 0 Å². The second-order valence-corrected chi connectivity index (χ2v) is 7.04. The lowest BCUT2D eigenvalue weighted by Gasteiger charge is -2.34. The first-order chi connectivity index (χ1) is 12.5. The molecule has 0 bridgehead atoms. The molecule has 2 aliphatic rings. The van der Waals surface area contributed by atoms with E-state index in [9.17, 15) is 13.6 Å². The molecular formula is C19H21F2N3O2. The zero-order valence-corrected chi connectivity index (χ0v) is 14.3. The van der Waals surface area contributed by atoms with Gasteiger partial charge in [-0.05, 0) is 17.5 Å². The SMILES string of the molecule is O=C(NC[C@H]1OCCc2cn(Cc3ccccc3)nc21)C1CC(F)(F)C1. The number of fused-ring (bicyclic) bond motifs is 1. The maximum atomic E-state index is 12.9. The molecule has 138 valence electrons. The Morgan fingerprint density at radius 1 is 1.31 bits per heavy atom. The summed E-state index contributed by atoms with van der Waals surface area (Å²) < 4.78 is 33.4. The molecule has 0 saturated heterocycles. The molecule has 2 heterocycles. The number of carbonyl (C=O) groups is 1. The second-order valence-electron chi connectivity index (χ2n) is 7.04. The summed E-state index contributed by atoms with van der Waals surface area (Å²) in [6, 6.07) is 10.0. The maximum Gasteiger partial charge on any atom is 0.249 e. The summed E-state index contributed by atoms with van der Waals surface area (Å²) in [5.41, 5.74) is 3.09. The van der Waals surface area contributed by atoms with Crippen LogP contribution < -0.4 is 5.32 Å². The normalized spacial score (nSPS) is 21.7. The van der Waals surface area contributed by atoms with Crippen LogP contribution in [0.15, 0.2) is 36.5 Å².